The molecule has 2 aromatic rings. The lowest BCUT2D eigenvalue weighted by atomic mass is 10.2. The molecule has 3 nitrogen and oxygen atoms in total. The molecule has 2 rings (SSSR count). The molecule has 0 spiro atoms. The van der Waals surface area contributed by atoms with Gasteiger partial charge in [0.15, 0.2) is 0 Å². The minimum absolute atomic E-state index is 0.288. The first kappa shape index (κ1) is 14.4. The van der Waals surface area contributed by atoms with Crippen molar-refractivity contribution in [3.63, 3.8) is 0 Å². The van der Waals surface area contributed by atoms with E-state index in [0.29, 0.717) is 6.61 Å². The molecule has 20 heavy (non-hydrogen) atoms. The summed E-state index contributed by atoms with van der Waals surface area (Å²) in [6.45, 7) is 5.56. The van der Waals surface area contributed by atoms with Crippen LogP contribution in [0.1, 0.15) is 13.8 Å². The average Bonchev–Trinajstić information content (AvgIpc) is 2.48. The Morgan fingerprint density at radius 2 is 1.60 bits per heavy atom. The monoisotopic (exact) mass is 271 g/mol. The number of nitrogens with one attached hydrogen (secondary N) is 1. The SMILES string of the molecule is CCOCC(C)Nc1ccc(Oc2ccccc2)cc1. The molecule has 0 aliphatic heterocycles. The van der Waals surface area contributed by atoms with Crippen molar-refractivity contribution in [1.29, 1.82) is 0 Å². The van der Waals surface area contributed by atoms with Gasteiger partial charge in [-0.15, -0.1) is 0 Å². The van der Waals surface area contributed by atoms with Gasteiger partial charge in [-0.25, -0.2) is 0 Å². The third kappa shape index (κ3) is 4.59. The lowest BCUT2D eigenvalue weighted by molar-refractivity contribution is 0.141. The van der Waals surface area contributed by atoms with E-state index in [2.05, 4.69) is 12.2 Å². The highest BCUT2D eigenvalue weighted by molar-refractivity contribution is 5.47. The standard InChI is InChI=1S/C17H21NO2/c1-3-19-13-14(2)18-15-9-11-17(12-10-15)20-16-7-5-4-6-8-16/h4-12,14,18H,3,13H2,1-2H3. The highest BCUT2D eigenvalue weighted by Crippen LogP contribution is 2.22. The number of anilines is 1. The molecule has 0 fully saturated rings. The van der Waals surface area contributed by atoms with Crippen LogP contribution in [0.5, 0.6) is 11.5 Å². The Bertz CT molecular complexity index is 496. The molecule has 0 aromatic heterocycles. The van der Waals surface area contributed by atoms with Crippen LogP contribution in [0.4, 0.5) is 5.69 Å². The minimum Gasteiger partial charge on any atom is -0.457 e. The van der Waals surface area contributed by atoms with Gasteiger partial charge in [-0.2, -0.15) is 0 Å². The largest absolute Gasteiger partial charge is 0.457 e. The molecule has 0 radical (unpaired) electrons. The maximum atomic E-state index is 5.75. The summed E-state index contributed by atoms with van der Waals surface area (Å²) >= 11 is 0. The zero-order chi connectivity index (χ0) is 14.2. The quantitative estimate of drug-likeness (QED) is 0.813. The number of hydrogen-bond acceptors (Lipinski definition) is 3. The molecule has 1 unspecified atom stereocenters. The van der Waals surface area contributed by atoms with Gasteiger partial charge in [0.25, 0.3) is 0 Å². The van der Waals surface area contributed by atoms with Crippen LogP contribution in [-0.4, -0.2) is 19.3 Å². The van der Waals surface area contributed by atoms with Gasteiger partial charge in [0.1, 0.15) is 11.5 Å². The Hall–Kier alpha value is -2.00. The average molecular weight is 271 g/mol. The van der Waals surface area contributed by atoms with Crippen LogP contribution < -0.4 is 10.1 Å². The van der Waals surface area contributed by atoms with Gasteiger partial charge >= 0.3 is 0 Å². The second kappa shape index (κ2) is 7.56. The number of ether oxygens (including phenoxy) is 2. The molecule has 0 saturated carbocycles. The van der Waals surface area contributed by atoms with Crippen LogP contribution in [0.2, 0.25) is 0 Å². The van der Waals surface area contributed by atoms with E-state index in [-0.39, 0.29) is 6.04 Å². The van der Waals surface area contributed by atoms with Crippen LogP contribution in [-0.2, 0) is 4.74 Å². The molecule has 0 saturated heterocycles. The van der Waals surface area contributed by atoms with E-state index < -0.39 is 0 Å². The van der Waals surface area contributed by atoms with E-state index in [1.165, 1.54) is 0 Å². The number of rotatable bonds is 7. The first-order valence-corrected chi connectivity index (χ1v) is 6.95. The normalized spacial score (nSPS) is 11.9. The molecule has 106 valence electrons. The Kier molecular flexibility index (Phi) is 5.44. The van der Waals surface area contributed by atoms with Crippen LogP contribution in [0.15, 0.2) is 54.6 Å². The van der Waals surface area contributed by atoms with Gasteiger partial charge in [-0.3, -0.25) is 0 Å². The fourth-order valence-electron chi connectivity index (χ4n) is 1.86. The smallest absolute Gasteiger partial charge is 0.127 e. The molecule has 0 amide bonds. The highest BCUT2D eigenvalue weighted by Gasteiger charge is 2.02. The highest BCUT2D eigenvalue weighted by atomic mass is 16.5. The molecule has 1 N–H and O–H groups in total. The van der Waals surface area contributed by atoms with Gasteiger partial charge in [-0.05, 0) is 50.2 Å². The van der Waals surface area contributed by atoms with Crippen molar-refractivity contribution in [2.45, 2.75) is 19.9 Å². The lowest BCUT2D eigenvalue weighted by Crippen LogP contribution is -2.21. The molecular weight excluding hydrogens is 250 g/mol. The van der Waals surface area contributed by atoms with Gasteiger partial charge in [-0.1, -0.05) is 18.2 Å². The molecule has 0 aliphatic rings. The Labute approximate surface area is 120 Å². The molecule has 1 atom stereocenters. The van der Waals surface area contributed by atoms with E-state index in [9.17, 15) is 0 Å². The molecule has 2 aromatic carbocycles. The predicted molar refractivity (Wildman–Crippen MR) is 82.5 cm³/mol. The van der Waals surface area contributed by atoms with Crippen LogP contribution in [0.25, 0.3) is 0 Å². The number of para-hydroxylation sites is 1. The fraction of sp³-hybridized carbons (Fsp3) is 0.294. The second-order valence-electron chi connectivity index (χ2n) is 4.64. The van der Waals surface area contributed by atoms with Gasteiger partial charge in [0, 0.05) is 18.3 Å². The van der Waals surface area contributed by atoms with Gasteiger partial charge < -0.3 is 14.8 Å². The summed E-state index contributed by atoms with van der Waals surface area (Å²) in [7, 11) is 0. The summed E-state index contributed by atoms with van der Waals surface area (Å²) in [6, 6.07) is 18.0. The number of benzene rings is 2. The first-order valence-electron chi connectivity index (χ1n) is 6.95. The Morgan fingerprint density at radius 3 is 2.25 bits per heavy atom. The van der Waals surface area contributed by atoms with Gasteiger partial charge in [0.05, 0.1) is 6.61 Å². The maximum absolute atomic E-state index is 5.75. The van der Waals surface area contributed by atoms with E-state index in [1.807, 2.05) is 61.5 Å². The first-order chi connectivity index (χ1) is 9.78. The Morgan fingerprint density at radius 1 is 0.950 bits per heavy atom. The number of hydrogen-bond donors (Lipinski definition) is 1. The van der Waals surface area contributed by atoms with E-state index >= 15 is 0 Å². The molecule has 3 heteroatoms. The topological polar surface area (TPSA) is 30.5 Å². The molecule has 0 bridgehead atoms. The summed E-state index contributed by atoms with van der Waals surface area (Å²) in [5, 5.41) is 3.39. The van der Waals surface area contributed by atoms with Crippen molar-refractivity contribution in [1.82, 2.24) is 0 Å². The second-order valence-corrected chi connectivity index (χ2v) is 4.64. The summed E-state index contributed by atoms with van der Waals surface area (Å²) in [6.07, 6.45) is 0. The lowest BCUT2D eigenvalue weighted by Gasteiger charge is -2.15. The van der Waals surface area contributed by atoms with Crippen molar-refractivity contribution in [3.8, 4) is 11.5 Å². The van der Waals surface area contributed by atoms with Crippen molar-refractivity contribution in [2.24, 2.45) is 0 Å². The van der Waals surface area contributed by atoms with Crippen molar-refractivity contribution in [2.75, 3.05) is 18.5 Å². The van der Waals surface area contributed by atoms with Crippen LogP contribution in [0, 0.1) is 0 Å². The van der Waals surface area contributed by atoms with E-state index in [4.69, 9.17) is 9.47 Å². The summed E-state index contributed by atoms with van der Waals surface area (Å²) in [5.74, 6) is 1.68. The molecular formula is C17H21NO2. The molecule has 0 heterocycles. The van der Waals surface area contributed by atoms with Crippen molar-refractivity contribution < 1.29 is 9.47 Å². The fourth-order valence-corrected chi connectivity index (χ4v) is 1.86. The summed E-state index contributed by atoms with van der Waals surface area (Å²) in [5.41, 5.74) is 1.07. The van der Waals surface area contributed by atoms with Crippen molar-refractivity contribution >= 4 is 5.69 Å². The maximum Gasteiger partial charge on any atom is 0.127 e. The Balaban J connectivity index is 1.89. The van der Waals surface area contributed by atoms with E-state index in [1.54, 1.807) is 0 Å². The van der Waals surface area contributed by atoms with Crippen LogP contribution >= 0.6 is 0 Å². The third-order valence-electron chi connectivity index (χ3n) is 2.82. The molecule has 0 aliphatic carbocycles. The zero-order valence-corrected chi connectivity index (χ0v) is 12.0. The van der Waals surface area contributed by atoms with Crippen LogP contribution in [0.3, 0.4) is 0 Å². The van der Waals surface area contributed by atoms with Crippen molar-refractivity contribution in [3.05, 3.63) is 54.6 Å². The third-order valence-corrected chi connectivity index (χ3v) is 2.82. The van der Waals surface area contributed by atoms with Gasteiger partial charge in [0.2, 0.25) is 0 Å². The summed E-state index contributed by atoms with van der Waals surface area (Å²) < 4.78 is 11.1. The minimum atomic E-state index is 0.288. The van der Waals surface area contributed by atoms with E-state index in [0.717, 1.165) is 23.8 Å². The predicted octanol–water partition coefficient (Wildman–Crippen LogP) is 4.32. The summed E-state index contributed by atoms with van der Waals surface area (Å²) in [4.78, 5) is 0. The zero-order valence-electron chi connectivity index (χ0n) is 12.0.